The zero-order chi connectivity index (χ0) is 13.0. The zero-order valence-electron chi connectivity index (χ0n) is 9.45. The van der Waals surface area contributed by atoms with Crippen LogP contribution < -0.4 is 4.90 Å². The fraction of sp³-hybridized carbons (Fsp3) is 0.0769. The standard InChI is InChI=1S/C13H11BrN2O2/c14-9-16(13(17)18)11-6-7-12(15-8-11)10-4-2-1-3-5-10/h1-8H,9H2,(H,17,18). The third kappa shape index (κ3) is 2.68. The third-order valence-corrected chi connectivity index (χ3v) is 2.98. The maximum atomic E-state index is 11.0. The average Bonchev–Trinajstić information content (AvgIpc) is 2.41. The molecule has 2 aromatic rings. The summed E-state index contributed by atoms with van der Waals surface area (Å²) in [6.07, 6.45) is 0.540. The van der Waals surface area contributed by atoms with Crippen LogP contribution >= 0.6 is 15.9 Å². The summed E-state index contributed by atoms with van der Waals surface area (Å²) in [6.45, 7) is 0. The minimum Gasteiger partial charge on any atom is -0.465 e. The molecule has 1 aromatic carbocycles. The Morgan fingerprint density at radius 1 is 1.22 bits per heavy atom. The van der Waals surface area contributed by atoms with Crippen molar-refractivity contribution < 1.29 is 9.90 Å². The molecule has 0 atom stereocenters. The van der Waals surface area contributed by atoms with Crippen molar-refractivity contribution in [2.24, 2.45) is 0 Å². The molecule has 0 spiro atoms. The number of hydrogen-bond acceptors (Lipinski definition) is 2. The van der Waals surface area contributed by atoms with Gasteiger partial charge in [0.25, 0.3) is 0 Å². The maximum absolute atomic E-state index is 11.0. The molecule has 1 aromatic heterocycles. The second-order valence-electron chi connectivity index (χ2n) is 3.60. The van der Waals surface area contributed by atoms with E-state index in [9.17, 15) is 4.79 Å². The molecule has 1 heterocycles. The number of pyridine rings is 1. The van der Waals surface area contributed by atoms with E-state index in [0.29, 0.717) is 5.69 Å². The van der Waals surface area contributed by atoms with Gasteiger partial charge in [0.2, 0.25) is 0 Å². The van der Waals surface area contributed by atoms with E-state index < -0.39 is 6.09 Å². The van der Waals surface area contributed by atoms with Crippen LogP contribution in [0.2, 0.25) is 0 Å². The normalized spacial score (nSPS) is 10.1. The number of halogens is 1. The van der Waals surface area contributed by atoms with Crippen LogP contribution in [-0.2, 0) is 0 Å². The number of aromatic nitrogens is 1. The van der Waals surface area contributed by atoms with Crippen LogP contribution in [0.15, 0.2) is 48.7 Å². The molecule has 18 heavy (non-hydrogen) atoms. The molecule has 2 rings (SSSR count). The Morgan fingerprint density at radius 3 is 2.44 bits per heavy atom. The van der Waals surface area contributed by atoms with Gasteiger partial charge in [-0.1, -0.05) is 46.3 Å². The molecule has 0 unspecified atom stereocenters. The van der Waals surface area contributed by atoms with Crippen LogP contribution in [0.3, 0.4) is 0 Å². The monoisotopic (exact) mass is 306 g/mol. The number of rotatable bonds is 3. The topological polar surface area (TPSA) is 53.4 Å². The van der Waals surface area contributed by atoms with Gasteiger partial charge in [-0.25, -0.2) is 4.79 Å². The molecule has 0 radical (unpaired) electrons. The highest BCUT2D eigenvalue weighted by atomic mass is 79.9. The Bertz CT molecular complexity index is 528. The molecule has 0 saturated carbocycles. The van der Waals surface area contributed by atoms with E-state index >= 15 is 0 Å². The van der Waals surface area contributed by atoms with E-state index in [2.05, 4.69) is 20.9 Å². The molecule has 0 aliphatic rings. The van der Waals surface area contributed by atoms with Gasteiger partial charge in [-0.2, -0.15) is 0 Å². The molecule has 0 bridgehead atoms. The van der Waals surface area contributed by atoms with Gasteiger partial charge in [-0.05, 0) is 12.1 Å². The predicted molar refractivity (Wildman–Crippen MR) is 74.0 cm³/mol. The molecule has 0 aliphatic heterocycles. The second kappa shape index (κ2) is 5.64. The van der Waals surface area contributed by atoms with Gasteiger partial charge in [0.1, 0.15) is 0 Å². The van der Waals surface area contributed by atoms with Crippen molar-refractivity contribution in [3.63, 3.8) is 0 Å². The number of alkyl halides is 1. The van der Waals surface area contributed by atoms with Crippen LogP contribution in [0.25, 0.3) is 11.3 Å². The van der Waals surface area contributed by atoms with Crippen molar-refractivity contribution in [3.8, 4) is 11.3 Å². The zero-order valence-corrected chi connectivity index (χ0v) is 11.0. The lowest BCUT2D eigenvalue weighted by Crippen LogP contribution is -2.27. The molecule has 4 nitrogen and oxygen atoms in total. The van der Waals surface area contributed by atoms with Crippen LogP contribution in [0.4, 0.5) is 10.5 Å². The van der Waals surface area contributed by atoms with E-state index in [1.54, 1.807) is 12.3 Å². The van der Waals surface area contributed by atoms with Crippen molar-refractivity contribution >= 4 is 27.7 Å². The minimum atomic E-state index is -1.01. The van der Waals surface area contributed by atoms with Crippen LogP contribution in [0, 0.1) is 0 Å². The lowest BCUT2D eigenvalue weighted by Gasteiger charge is -2.15. The predicted octanol–water partition coefficient (Wildman–Crippen LogP) is 3.59. The van der Waals surface area contributed by atoms with Crippen molar-refractivity contribution in [2.45, 2.75) is 0 Å². The largest absolute Gasteiger partial charge is 0.465 e. The molecule has 0 fully saturated rings. The Labute approximate surface area is 113 Å². The summed E-state index contributed by atoms with van der Waals surface area (Å²) in [5.41, 5.74) is 2.58. The fourth-order valence-corrected chi connectivity index (χ4v) is 2.06. The van der Waals surface area contributed by atoms with Crippen molar-refractivity contribution in [1.82, 2.24) is 4.98 Å². The molecular weight excluding hydrogens is 296 g/mol. The van der Waals surface area contributed by atoms with E-state index in [-0.39, 0.29) is 5.45 Å². The van der Waals surface area contributed by atoms with Gasteiger partial charge in [0, 0.05) is 5.56 Å². The molecule has 5 heteroatoms. The first-order valence-corrected chi connectivity index (χ1v) is 6.42. The van der Waals surface area contributed by atoms with E-state index in [4.69, 9.17) is 5.11 Å². The highest BCUT2D eigenvalue weighted by Crippen LogP contribution is 2.20. The summed E-state index contributed by atoms with van der Waals surface area (Å²) >= 11 is 3.13. The van der Waals surface area contributed by atoms with Crippen LogP contribution in [0.1, 0.15) is 0 Å². The number of benzene rings is 1. The molecule has 1 amide bonds. The summed E-state index contributed by atoms with van der Waals surface area (Å²) in [6, 6.07) is 13.3. The van der Waals surface area contributed by atoms with Gasteiger partial charge in [0.15, 0.2) is 0 Å². The highest BCUT2D eigenvalue weighted by molar-refractivity contribution is 9.09. The number of anilines is 1. The van der Waals surface area contributed by atoms with Crippen molar-refractivity contribution in [3.05, 3.63) is 48.7 Å². The summed E-state index contributed by atoms with van der Waals surface area (Å²) in [4.78, 5) is 16.4. The number of nitrogens with zero attached hydrogens (tertiary/aromatic N) is 2. The molecule has 92 valence electrons. The molecular formula is C13H11BrN2O2. The molecule has 0 aliphatic carbocycles. The van der Waals surface area contributed by atoms with Gasteiger partial charge in [0.05, 0.1) is 23.0 Å². The molecule has 1 N–H and O–H groups in total. The average molecular weight is 307 g/mol. The second-order valence-corrected chi connectivity index (χ2v) is 4.10. The SMILES string of the molecule is O=C(O)N(CBr)c1ccc(-c2ccccc2)nc1. The van der Waals surface area contributed by atoms with Crippen molar-refractivity contribution in [2.75, 3.05) is 10.4 Å². The number of carboxylic acid groups (broad SMARTS) is 1. The number of hydrogen-bond donors (Lipinski definition) is 1. The van der Waals surface area contributed by atoms with Gasteiger partial charge in [-0.3, -0.25) is 9.88 Å². The van der Waals surface area contributed by atoms with E-state index in [1.165, 1.54) is 4.90 Å². The van der Waals surface area contributed by atoms with Gasteiger partial charge >= 0.3 is 6.09 Å². The summed E-state index contributed by atoms with van der Waals surface area (Å²) in [5, 5.41) is 8.98. The minimum absolute atomic E-state index is 0.217. The fourth-order valence-electron chi connectivity index (χ4n) is 1.56. The van der Waals surface area contributed by atoms with E-state index in [1.807, 2.05) is 36.4 Å². The van der Waals surface area contributed by atoms with E-state index in [0.717, 1.165) is 11.3 Å². The first-order valence-electron chi connectivity index (χ1n) is 5.30. The number of amides is 1. The lowest BCUT2D eigenvalue weighted by atomic mass is 10.1. The summed E-state index contributed by atoms with van der Waals surface area (Å²) in [5.74, 6) is 0. The Morgan fingerprint density at radius 2 is 1.94 bits per heavy atom. The smallest absolute Gasteiger partial charge is 0.412 e. The Hall–Kier alpha value is -1.88. The molecule has 0 saturated heterocycles. The quantitative estimate of drug-likeness (QED) is 0.696. The Balaban J connectivity index is 2.28. The number of carbonyl (C=O) groups is 1. The first kappa shape index (κ1) is 12.6. The van der Waals surface area contributed by atoms with Gasteiger partial charge < -0.3 is 5.11 Å². The van der Waals surface area contributed by atoms with Gasteiger partial charge in [-0.15, -0.1) is 0 Å². The maximum Gasteiger partial charge on any atom is 0.412 e. The summed E-state index contributed by atoms with van der Waals surface area (Å²) < 4.78 is 0. The first-order chi connectivity index (χ1) is 8.72. The van der Waals surface area contributed by atoms with Crippen LogP contribution in [-0.4, -0.2) is 21.6 Å². The highest BCUT2D eigenvalue weighted by Gasteiger charge is 2.12. The van der Waals surface area contributed by atoms with Crippen molar-refractivity contribution in [1.29, 1.82) is 0 Å². The summed E-state index contributed by atoms with van der Waals surface area (Å²) in [7, 11) is 0. The van der Waals surface area contributed by atoms with Crippen LogP contribution in [0.5, 0.6) is 0 Å². The lowest BCUT2D eigenvalue weighted by molar-refractivity contribution is 0.203. The third-order valence-electron chi connectivity index (χ3n) is 2.48. The Kier molecular flexibility index (Phi) is 3.94.